The van der Waals surface area contributed by atoms with Crippen molar-refractivity contribution in [2.24, 2.45) is 5.92 Å². The molecule has 4 rings (SSSR count). The average Bonchev–Trinajstić information content (AvgIpc) is 3.18. The van der Waals surface area contributed by atoms with Crippen molar-refractivity contribution in [1.82, 2.24) is 25.0 Å². The Hall–Kier alpha value is -2.44. The number of nitrogens with zero attached hydrogens (tertiary/aromatic N) is 4. The first-order valence-corrected chi connectivity index (χ1v) is 9.48. The lowest BCUT2D eigenvalue weighted by Crippen LogP contribution is -2.36. The molecule has 1 aliphatic heterocycles. The number of hydrogen-bond donors (Lipinski definition) is 1. The average molecular weight is 355 g/mol. The normalized spacial score (nSPS) is 20.3. The molecule has 0 bridgehead atoms. The highest BCUT2D eigenvalue weighted by atomic mass is 16.2. The summed E-state index contributed by atoms with van der Waals surface area (Å²) < 4.78 is 1.89. The molecule has 1 aliphatic carbocycles. The lowest BCUT2D eigenvalue weighted by molar-refractivity contribution is -0.128. The molecule has 2 aromatic rings. The molecular weight excluding hydrogens is 330 g/mol. The summed E-state index contributed by atoms with van der Waals surface area (Å²) in [5.41, 5.74) is 1.86. The molecule has 2 amide bonds. The van der Waals surface area contributed by atoms with Crippen LogP contribution in [0.2, 0.25) is 0 Å². The molecule has 2 aromatic heterocycles. The Kier molecular flexibility index (Phi) is 4.61. The number of pyridine rings is 1. The van der Waals surface area contributed by atoms with Crippen molar-refractivity contribution in [2.75, 3.05) is 19.6 Å². The van der Waals surface area contributed by atoms with Gasteiger partial charge in [-0.3, -0.25) is 9.59 Å². The molecule has 7 nitrogen and oxygen atoms in total. The van der Waals surface area contributed by atoms with E-state index in [1.54, 1.807) is 13.1 Å². The van der Waals surface area contributed by atoms with Crippen LogP contribution >= 0.6 is 0 Å². The fraction of sp³-hybridized carbons (Fsp3) is 0.579. The highest BCUT2D eigenvalue weighted by Gasteiger charge is 2.29. The molecule has 2 fully saturated rings. The summed E-state index contributed by atoms with van der Waals surface area (Å²) in [6, 6.07) is 3.97. The molecule has 3 heterocycles. The topological polar surface area (TPSA) is 80.1 Å². The first-order valence-electron chi connectivity index (χ1n) is 9.48. The zero-order valence-corrected chi connectivity index (χ0v) is 15.1. The van der Waals surface area contributed by atoms with Crippen LogP contribution in [0.1, 0.15) is 44.2 Å². The maximum atomic E-state index is 12.0. The second-order valence-corrected chi connectivity index (χ2v) is 7.35. The van der Waals surface area contributed by atoms with Gasteiger partial charge in [0, 0.05) is 50.0 Å². The van der Waals surface area contributed by atoms with Gasteiger partial charge in [0.05, 0.1) is 12.2 Å². The van der Waals surface area contributed by atoms with Gasteiger partial charge >= 0.3 is 0 Å². The third kappa shape index (κ3) is 3.18. The number of carbonyl (C=O) groups excluding carboxylic acids is 2. The maximum absolute atomic E-state index is 12.0. The van der Waals surface area contributed by atoms with Crippen molar-refractivity contribution in [1.29, 1.82) is 0 Å². The second-order valence-electron chi connectivity index (χ2n) is 7.35. The monoisotopic (exact) mass is 355 g/mol. The van der Waals surface area contributed by atoms with E-state index in [0.29, 0.717) is 13.1 Å². The van der Waals surface area contributed by atoms with Gasteiger partial charge in [0.25, 0.3) is 0 Å². The van der Waals surface area contributed by atoms with Gasteiger partial charge in [0.2, 0.25) is 11.8 Å². The molecule has 138 valence electrons. The summed E-state index contributed by atoms with van der Waals surface area (Å²) in [5.74, 6) is 0.729. The van der Waals surface area contributed by atoms with Gasteiger partial charge in [-0.05, 0) is 31.4 Å². The Morgan fingerprint density at radius 3 is 2.85 bits per heavy atom. The fourth-order valence-corrected chi connectivity index (χ4v) is 3.86. The first-order chi connectivity index (χ1) is 12.6. The second kappa shape index (κ2) is 7.05. The van der Waals surface area contributed by atoms with Crippen LogP contribution in [0.3, 0.4) is 0 Å². The molecule has 1 saturated carbocycles. The van der Waals surface area contributed by atoms with Crippen molar-refractivity contribution >= 4 is 22.8 Å². The van der Waals surface area contributed by atoms with Crippen LogP contribution in [0.25, 0.3) is 11.0 Å². The van der Waals surface area contributed by atoms with Gasteiger partial charge in [0.1, 0.15) is 0 Å². The minimum Gasteiger partial charge on any atom is -0.354 e. The minimum absolute atomic E-state index is 0.119. The van der Waals surface area contributed by atoms with Crippen LogP contribution in [-0.2, 0) is 16.1 Å². The Morgan fingerprint density at radius 1 is 1.31 bits per heavy atom. The summed E-state index contributed by atoms with van der Waals surface area (Å²) in [4.78, 5) is 30.0. The predicted molar refractivity (Wildman–Crippen MR) is 97.5 cm³/mol. The molecule has 1 saturated heterocycles. The zero-order chi connectivity index (χ0) is 18.1. The fourth-order valence-electron chi connectivity index (χ4n) is 3.86. The van der Waals surface area contributed by atoms with Gasteiger partial charge in [-0.15, -0.1) is 0 Å². The van der Waals surface area contributed by atoms with E-state index in [9.17, 15) is 9.59 Å². The third-order valence-electron chi connectivity index (χ3n) is 5.65. The Labute approximate surface area is 152 Å². The number of amides is 2. The SMILES string of the molecule is CC(=O)N1CC[C@@H](c2nn(CCNC(=O)C3CCC3)c3ncccc23)C1. The molecule has 0 aromatic carbocycles. The number of nitrogens with one attached hydrogen (secondary N) is 1. The van der Waals surface area contributed by atoms with Crippen LogP contribution in [0.5, 0.6) is 0 Å². The smallest absolute Gasteiger partial charge is 0.223 e. The largest absolute Gasteiger partial charge is 0.354 e. The number of rotatable bonds is 5. The molecule has 7 heteroatoms. The zero-order valence-electron chi connectivity index (χ0n) is 15.1. The van der Waals surface area contributed by atoms with Gasteiger partial charge in [-0.1, -0.05) is 6.42 Å². The van der Waals surface area contributed by atoms with Crippen molar-refractivity contribution in [3.63, 3.8) is 0 Å². The van der Waals surface area contributed by atoms with Crippen LogP contribution in [0.4, 0.5) is 0 Å². The van der Waals surface area contributed by atoms with E-state index in [1.807, 2.05) is 21.7 Å². The number of hydrogen-bond acceptors (Lipinski definition) is 4. The molecule has 2 aliphatic rings. The molecule has 26 heavy (non-hydrogen) atoms. The van der Waals surface area contributed by atoms with E-state index >= 15 is 0 Å². The van der Waals surface area contributed by atoms with Crippen LogP contribution in [0.15, 0.2) is 18.3 Å². The lowest BCUT2D eigenvalue weighted by atomic mass is 9.85. The number of likely N-dealkylation sites (tertiary alicyclic amines) is 1. The number of fused-ring (bicyclic) bond motifs is 1. The van der Waals surface area contributed by atoms with E-state index in [4.69, 9.17) is 5.10 Å². The Morgan fingerprint density at radius 2 is 2.15 bits per heavy atom. The van der Waals surface area contributed by atoms with E-state index < -0.39 is 0 Å². The first kappa shape index (κ1) is 17.0. The van der Waals surface area contributed by atoms with E-state index in [2.05, 4.69) is 10.3 Å². The van der Waals surface area contributed by atoms with E-state index in [1.165, 1.54) is 0 Å². The predicted octanol–water partition coefficient (Wildman–Crippen LogP) is 1.68. The highest BCUT2D eigenvalue weighted by Crippen LogP contribution is 2.31. The molecule has 0 unspecified atom stereocenters. The van der Waals surface area contributed by atoms with Gasteiger partial charge in [0.15, 0.2) is 5.65 Å². The third-order valence-corrected chi connectivity index (χ3v) is 5.65. The van der Waals surface area contributed by atoms with Crippen molar-refractivity contribution < 1.29 is 9.59 Å². The van der Waals surface area contributed by atoms with Crippen molar-refractivity contribution in [3.05, 3.63) is 24.0 Å². The Balaban J connectivity index is 1.49. The van der Waals surface area contributed by atoms with Gasteiger partial charge in [-0.2, -0.15) is 5.10 Å². The standard InChI is InChI=1S/C19H25N5O2/c1-13(25)23-10-7-15(12-23)17-16-6-3-8-20-18(16)24(22-17)11-9-21-19(26)14-4-2-5-14/h3,6,8,14-15H,2,4-5,7,9-12H2,1H3,(H,21,26)/t15-/m1/s1. The van der Waals surface area contributed by atoms with Crippen LogP contribution in [-0.4, -0.2) is 51.1 Å². The highest BCUT2D eigenvalue weighted by molar-refractivity contribution is 5.80. The van der Waals surface area contributed by atoms with Crippen molar-refractivity contribution in [3.8, 4) is 0 Å². The van der Waals surface area contributed by atoms with Crippen LogP contribution < -0.4 is 5.32 Å². The molecular formula is C19H25N5O2. The Bertz CT molecular complexity index is 826. The summed E-state index contributed by atoms with van der Waals surface area (Å²) in [6.07, 6.45) is 5.88. The molecule has 0 radical (unpaired) electrons. The summed E-state index contributed by atoms with van der Waals surface area (Å²) in [6.45, 7) is 4.29. The van der Waals surface area contributed by atoms with Crippen molar-refractivity contribution in [2.45, 2.75) is 45.1 Å². The van der Waals surface area contributed by atoms with E-state index in [-0.39, 0.29) is 23.7 Å². The molecule has 1 N–H and O–H groups in total. The summed E-state index contributed by atoms with van der Waals surface area (Å²) in [7, 11) is 0. The molecule has 1 atom stereocenters. The van der Waals surface area contributed by atoms with Gasteiger partial charge < -0.3 is 10.2 Å². The number of aromatic nitrogens is 3. The number of carbonyl (C=O) groups is 2. The quantitative estimate of drug-likeness (QED) is 0.885. The van der Waals surface area contributed by atoms with E-state index in [0.717, 1.165) is 55.5 Å². The van der Waals surface area contributed by atoms with Crippen LogP contribution in [0, 0.1) is 5.92 Å². The minimum atomic E-state index is 0.119. The lowest BCUT2D eigenvalue weighted by Gasteiger charge is -2.23. The summed E-state index contributed by atoms with van der Waals surface area (Å²) >= 11 is 0. The van der Waals surface area contributed by atoms with Gasteiger partial charge in [-0.25, -0.2) is 9.67 Å². The maximum Gasteiger partial charge on any atom is 0.223 e. The summed E-state index contributed by atoms with van der Waals surface area (Å²) in [5, 5.41) is 8.87. The molecule has 0 spiro atoms.